The van der Waals surface area contributed by atoms with Crippen LogP contribution in [-0.2, 0) is 4.79 Å². The van der Waals surface area contributed by atoms with Crippen molar-refractivity contribution in [1.82, 2.24) is 4.90 Å². The van der Waals surface area contributed by atoms with Crippen LogP contribution in [0.1, 0.15) is 65.5 Å². The van der Waals surface area contributed by atoms with E-state index in [0.717, 1.165) is 46.6 Å². The molecule has 1 aliphatic rings. The second kappa shape index (κ2) is 14.6. The van der Waals surface area contributed by atoms with Gasteiger partial charge in [0.05, 0.1) is 26.4 Å². The lowest BCUT2D eigenvalue weighted by molar-refractivity contribution is -0.113. The average Bonchev–Trinajstić information content (AvgIpc) is 2.90. The predicted octanol–water partition coefficient (Wildman–Crippen LogP) is 6.82. The van der Waals surface area contributed by atoms with E-state index >= 15 is 0 Å². The maximum Gasteiger partial charge on any atom is 0.187 e. The third-order valence-electron chi connectivity index (χ3n) is 6.20. The van der Waals surface area contributed by atoms with Crippen molar-refractivity contribution in [3.63, 3.8) is 0 Å². The molecule has 0 bridgehead atoms. The molecule has 0 radical (unpaired) electrons. The fourth-order valence-corrected chi connectivity index (χ4v) is 4.26. The summed E-state index contributed by atoms with van der Waals surface area (Å²) in [7, 11) is 0. The van der Waals surface area contributed by atoms with Crippen molar-refractivity contribution in [2.45, 2.75) is 60.4 Å². The second-order valence-corrected chi connectivity index (χ2v) is 9.64. The van der Waals surface area contributed by atoms with E-state index in [1.54, 1.807) is 0 Å². The molecule has 1 fully saturated rings. The molecule has 0 saturated carbocycles. The number of hydrogen-bond acceptors (Lipinski definition) is 6. The van der Waals surface area contributed by atoms with Crippen LogP contribution >= 0.6 is 0 Å². The Kier molecular flexibility index (Phi) is 11.3. The first-order chi connectivity index (χ1) is 18.4. The van der Waals surface area contributed by atoms with Crippen molar-refractivity contribution >= 4 is 17.9 Å². The van der Waals surface area contributed by atoms with Crippen LogP contribution in [0.4, 0.5) is 0 Å². The summed E-state index contributed by atoms with van der Waals surface area (Å²) in [4.78, 5) is 16.0. The monoisotopic (exact) mass is 521 g/mol. The van der Waals surface area contributed by atoms with Gasteiger partial charge in [0.2, 0.25) is 0 Å². The quantitative estimate of drug-likeness (QED) is 0.270. The molecule has 0 spiro atoms. The highest BCUT2D eigenvalue weighted by Gasteiger charge is 2.27. The zero-order valence-electron chi connectivity index (χ0n) is 23.8. The Bertz CT molecular complexity index is 1050. The van der Waals surface area contributed by atoms with E-state index in [1.807, 2.05) is 62.4 Å². The first-order valence-electron chi connectivity index (χ1n) is 13.9. The number of ketones is 1. The Morgan fingerprint density at radius 2 is 1.16 bits per heavy atom. The van der Waals surface area contributed by atoms with Crippen molar-refractivity contribution in [3.05, 3.63) is 58.7 Å². The highest BCUT2D eigenvalue weighted by atomic mass is 16.5. The third kappa shape index (κ3) is 7.87. The molecule has 6 nitrogen and oxygen atoms in total. The smallest absolute Gasteiger partial charge is 0.187 e. The van der Waals surface area contributed by atoms with Gasteiger partial charge in [-0.05, 0) is 88.1 Å². The van der Waals surface area contributed by atoms with E-state index < -0.39 is 0 Å². The summed E-state index contributed by atoms with van der Waals surface area (Å²) < 4.78 is 23.4. The van der Waals surface area contributed by atoms with Crippen molar-refractivity contribution in [2.24, 2.45) is 0 Å². The zero-order valence-corrected chi connectivity index (χ0v) is 23.8. The van der Waals surface area contributed by atoms with Crippen LogP contribution in [0.15, 0.2) is 47.5 Å². The number of rotatable bonds is 13. The van der Waals surface area contributed by atoms with Crippen LogP contribution in [0.5, 0.6) is 23.0 Å². The van der Waals surface area contributed by atoms with E-state index in [1.165, 1.54) is 0 Å². The molecule has 2 aromatic rings. The summed E-state index contributed by atoms with van der Waals surface area (Å²) in [5.74, 6) is 2.92. The zero-order chi connectivity index (χ0) is 27.5. The summed E-state index contributed by atoms with van der Waals surface area (Å²) in [5.41, 5.74) is 3.35. The first kappa shape index (κ1) is 29.3. The number of hydrogen-bond donors (Lipinski definition) is 0. The lowest BCUT2D eigenvalue weighted by atomic mass is 9.93. The SMILES string of the molecule is CCCOc1ccc(/C=C2\CN(C(C)C)C/C(=C\c3ccc(OCCC)c(OCC)c3)C2=O)cc1OCC. The number of carbonyl (C=O) groups excluding carboxylic acids is 1. The Morgan fingerprint density at radius 3 is 1.53 bits per heavy atom. The number of ether oxygens (including phenoxy) is 4. The Morgan fingerprint density at radius 1 is 0.711 bits per heavy atom. The molecule has 1 heterocycles. The molecule has 0 amide bonds. The summed E-state index contributed by atoms with van der Waals surface area (Å²) in [5, 5.41) is 0. The van der Waals surface area contributed by atoms with E-state index in [-0.39, 0.29) is 5.78 Å². The van der Waals surface area contributed by atoms with Crippen molar-refractivity contribution < 1.29 is 23.7 Å². The average molecular weight is 522 g/mol. The van der Waals surface area contributed by atoms with Crippen LogP contribution < -0.4 is 18.9 Å². The van der Waals surface area contributed by atoms with Crippen LogP contribution in [0.25, 0.3) is 12.2 Å². The minimum absolute atomic E-state index is 0.0652. The van der Waals surface area contributed by atoms with E-state index in [2.05, 4.69) is 32.6 Å². The molecule has 0 unspecified atom stereocenters. The van der Waals surface area contributed by atoms with Crippen LogP contribution in [0, 0.1) is 0 Å². The number of carbonyl (C=O) groups is 1. The van der Waals surface area contributed by atoms with Crippen LogP contribution in [0.2, 0.25) is 0 Å². The minimum atomic E-state index is 0.0652. The molecule has 6 heteroatoms. The fraction of sp³-hybridized carbons (Fsp3) is 0.469. The molecule has 0 aromatic heterocycles. The van der Waals surface area contributed by atoms with E-state index in [4.69, 9.17) is 18.9 Å². The first-order valence-corrected chi connectivity index (χ1v) is 13.9. The summed E-state index contributed by atoms with van der Waals surface area (Å²) in [6.07, 6.45) is 5.80. The highest BCUT2D eigenvalue weighted by Crippen LogP contribution is 2.32. The topological polar surface area (TPSA) is 57.2 Å². The van der Waals surface area contributed by atoms with Gasteiger partial charge in [0.25, 0.3) is 0 Å². The third-order valence-corrected chi connectivity index (χ3v) is 6.20. The van der Waals surface area contributed by atoms with Gasteiger partial charge in [0.1, 0.15) is 0 Å². The standard InChI is InChI=1S/C32H43NO5/c1-7-15-37-28-13-11-24(19-30(28)35-9-3)17-26-21-33(23(5)6)22-27(32(26)34)18-25-12-14-29(38-16-8-2)31(20-25)36-10-4/h11-14,17-20,23H,7-10,15-16,21-22H2,1-6H3/b26-17+,27-18+. The van der Waals surface area contributed by atoms with Crippen LogP contribution in [0.3, 0.4) is 0 Å². The van der Waals surface area contributed by atoms with E-state index in [0.29, 0.717) is 57.1 Å². The number of likely N-dealkylation sites (tertiary alicyclic amines) is 1. The molecule has 1 aliphatic heterocycles. The highest BCUT2D eigenvalue weighted by molar-refractivity contribution is 6.14. The molecule has 206 valence electrons. The number of benzene rings is 2. The lowest BCUT2D eigenvalue weighted by Crippen LogP contribution is -2.41. The Hall–Kier alpha value is -3.25. The molecule has 0 N–H and O–H groups in total. The van der Waals surface area contributed by atoms with Gasteiger partial charge >= 0.3 is 0 Å². The van der Waals surface area contributed by atoms with Gasteiger partial charge in [-0.1, -0.05) is 26.0 Å². The van der Waals surface area contributed by atoms with Gasteiger partial charge in [-0.2, -0.15) is 0 Å². The number of nitrogens with zero attached hydrogens (tertiary/aromatic N) is 1. The predicted molar refractivity (Wildman–Crippen MR) is 154 cm³/mol. The molecular weight excluding hydrogens is 478 g/mol. The maximum atomic E-state index is 13.7. The minimum Gasteiger partial charge on any atom is -0.490 e. The van der Waals surface area contributed by atoms with Gasteiger partial charge in [0.15, 0.2) is 28.8 Å². The molecule has 3 rings (SSSR count). The number of Topliss-reactive ketones (excluding diaryl/α,β-unsaturated/α-hetero) is 1. The molecule has 0 aliphatic carbocycles. The number of piperidine rings is 1. The molecule has 38 heavy (non-hydrogen) atoms. The van der Waals surface area contributed by atoms with Crippen molar-refractivity contribution in [3.8, 4) is 23.0 Å². The fourth-order valence-electron chi connectivity index (χ4n) is 4.26. The molecule has 2 aromatic carbocycles. The van der Waals surface area contributed by atoms with Gasteiger partial charge in [-0.25, -0.2) is 0 Å². The van der Waals surface area contributed by atoms with E-state index in [9.17, 15) is 4.79 Å². The van der Waals surface area contributed by atoms with Gasteiger partial charge in [-0.3, -0.25) is 9.69 Å². The van der Waals surface area contributed by atoms with Crippen molar-refractivity contribution in [2.75, 3.05) is 39.5 Å². The summed E-state index contributed by atoms with van der Waals surface area (Å²) in [6, 6.07) is 12.0. The molecular formula is C32H43NO5. The Balaban J connectivity index is 1.95. The maximum absolute atomic E-state index is 13.7. The van der Waals surface area contributed by atoms with Crippen LogP contribution in [-0.4, -0.2) is 56.2 Å². The summed E-state index contributed by atoms with van der Waals surface area (Å²) >= 11 is 0. The summed E-state index contributed by atoms with van der Waals surface area (Å²) in [6.45, 7) is 15.9. The molecule has 1 saturated heterocycles. The lowest BCUT2D eigenvalue weighted by Gasteiger charge is -2.32. The second-order valence-electron chi connectivity index (χ2n) is 9.64. The van der Waals surface area contributed by atoms with Gasteiger partial charge in [0, 0.05) is 30.3 Å². The normalized spacial score (nSPS) is 16.3. The van der Waals surface area contributed by atoms with Gasteiger partial charge in [-0.15, -0.1) is 0 Å². The van der Waals surface area contributed by atoms with Crippen molar-refractivity contribution in [1.29, 1.82) is 0 Å². The molecule has 0 atom stereocenters. The largest absolute Gasteiger partial charge is 0.490 e. The Labute approximate surface area is 228 Å². The van der Waals surface area contributed by atoms with Gasteiger partial charge < -0.3 is 18.9 Å².